The number of tetrazole rings is 1. The first kappa shape index (κ1) is 23.0. The van der Waals surface area contributed by atoms with Crippen molar-refractivity contribution < 1.29 is 13.5 Å². The molecule has 1 saturated heterocycles. The van der Waals surface area contributed by atoms with Crippen molar-refractivity contribution in [2.24, 2.45) is 0 Å². The second-order valence-electron chi connectivity index (χ2n) is 8.27. The molecule has 4 aromatic rings. The summed E-state index contributed by atoms with van der Waals surface area (Å²) in [5.41, 5.74) is 8.10. The molecule has 0 radical (unpaired) electrons. The third kappa shape index (κ3) is 4.49. The van der Waals surface area contributed by atoms with Gasteiger partial charge in [-0.05, 0) is 55.4 Å². The molecule has 4 heterocycles. The van der Waals surface area contributed by atoms with Crippen LogP contribution in [0.25, 0.3) is 28.2 Å². The zero-order chi connectivity index (χ0) is 24.4. The van der Waals surface area contributed by atoms with E-state index in [9.17, 15) is 8.78 Å². The molecule has 5 rings (SSSR count). The number of hydrogen-bond acceptors (Lipinski definition) is 8. The van der Waals surface area contributed by atoms with E-state index in [1.54, 1.807) is 25.4 Å². The monoisotopic (exact) mass is 481 g/mol. The van der Waals surface area contributed by atoms with Crippen molar-refractivity contribution in [2.75, 3.05) is 25.4 Å². The lowest BCUT2D eigenvalue weighted by atomic mass is 10.1. The standard InChI is InChI=1S/C23H25F2N9O/c1-2-35-13-14-3-4-19(21(25)20(14)24)34-23(30-31-32-34)18-9-15(10-28-22(18)26)16-11-29-33(12-16)17-5-7-27-8-6-17/h3-4,9-12,17,27H,2,5-8,13H2,1H3,(H2,26,28). The number of hydrogen-bond donors (Lipinski definition) is 2. The summed E-state index contributed by atoms with van der Waals surface area (Å²) in [7, 11) is 0. The van der Waals surface area contributed by atoms with Crippen LogP contribution in [0.5, 0.6) is 0 Å². The third-order valence-corrected chi connectivity index (χ3v) is 6.08. The number of nitrogens with zero attached hydrogens (tertiary/aromatic N) is 7. The number of anilines is 1. The van der Waals surface area contributed by atoms with Crippen LogP contribution in [-0.4, -0.2) is 54.7 Å². The zero-order valence-corrected chi connectivity index (χ0v) is 19.2. The van der Waals surface area contributed by atoms with E-state index >= 15 is 0 Å². The molecule has 3 aromatic heterocycles. The summed E-state index contributed by atoms with van der Waals surface area (Å²) in [6.45, 7) is 4.05. The first-order valence-corrected chi connectivity index (χ1v) is 11.4. The molecular weight excluding hydrogens is 456 g/mol. The summed E-state index contributed by atoms with van der Waals surface area (Å²) in [6.07, 6.45) is 7.40. The summed E-state index contributed by atoms with van der Waals surface area (Å²) in [5, 5.41) is 19.4. The number of aromatic nitrogens is 7. The second-order valence-corrected chi connectivity index (χ2v) is 8.27. The molecule has 1 aromatic carbocycles. The molecule has 35 heavy (non-hydrogen) atoms. The van der Waals surface area contributed by atoms with Crippen LogP contribution in [0.3, 0.4) is 0 Å². The molecule has 3 N–H and O–H groups in total. The van der Waals surface area contributed by atoms with Gasteiger partial charge in [-0.3, -0.25) is 4.68 Å². The minimum atomic E-state index is -1.08. The largest absolute Gasteiger partial charge is 0.383 e. The van der Waals surface area contributed by atoms with Gasteiger partial charge < -0.3 is 15.8 Å². The Morgan fingerprint density at radius 2 is 1.97 bits per heavy atom. The Balaban J connectivity index is 1.49. The zero-order valence-electron chi connectivity index (χ0n) is 19.2. The van der Waals surface area contributed by atoms with Crippen LogP contribution in [0.4, 0.5) is 14.6 Å². The highest BCUT2D eigenvalue weighted by Gasteiger charge is 2.22. The Kier molecular flexibility index (Phi) is 6.47. The van der Waals surface area contributed by atoms with Gasteiger partial charge >= 0.3 is 0 Å². The van der Waals surface area contributed by atoms with E-state index in [4.69, 9.17) is 10.5 Å². The topological polar surface area (TPSA) is 122 Å². The van der Waals surface area contributed by atoms with Crippen LogP contribution in [0.1, 0.15) is 31.4 Å². The predicted molar refractivity (Wildman–Crippen MR) is 124 cm³/mol. The van der Waals surface area contributed by atoms with Crippen LogP contribution >= 0.6 is 0 Å². The molecule has 0 spiro atoms. The summed E-state index contributed by atoms with van der Waals surface area (Å²) < 4.78 is 37.9. The molecule has 1 aliphatic rings. The maximum atomic E-state index is 15.0. The van der Waals surface area contributed by atoms with E-state index in [-0.39, 0.29) is 29.5 Å². The Hall–Kier alpha value is -3.77. The lowest BCUT2D eigenvalue weighted by Crippen LogP contribution is -2.29. The quantitative estimate of drug-likeness (QED) is 0.413. The Morgan fingerprint density at radius 1 is 1.14 bits per heavy atom. The molecule has 0 atom stereocenters. The van der Waals surface area contributed by atoms with Crippen molar-refractivity contribution in [1.82, 2.24) is 40.3 Å². The molecule has 1 fully saturated rings. The van der Waals surface area contributed by atoms with Gasteiger partial charge in [-0.25, -0.2) is 13.8 Å². The van der Waals surface area contributed by atoms with E-state index in [0.29, 0.717) is 18.2 Å². The highest BCUT2D eigenvalue weighted by molar-refractivity contribution is 5.76. The van der Waals surface area contributed by atoms with Gasteiger partial charge in [-0.1, -0.05) is 6.07 Å². The maximum absolute atomic E-state index is 15.0. The number of nitrogens with two attached hydrogens (primary N) is 1. The Morgan fingerprint density at radius 3 is 2.77 bits per heavy atom. The highest BCUT2D eigenvalue weighted by Crippen LogP contribution is 2.31. The SMILES string of the molecule is CCOCc1ccc(-n2nnnc2-c2cc(-c3cnn(C4CCNCC4)c3)cnc2N)c(F)c1F. The van der Waals surface area contributed by atoms with Gasteiger partial charge in [0, 0.05) is 35.7 Å². The molecule has 0 amide bonds. The number of benzene rings is 1. The van der Waals surface area contributed by atoms with Crippen LogP contribution < -0.4 is 11.1 Å². The smallest absolute Gasteiger partial charge is 0.190 e. The van der Waals surface area contributed by atoms with Gasteiger partial charge in [0.15, 0.2) is 17.5 Å². The molecule has 10 nitrogen and oxygen atoms in total. The minimum Gasteiger partial charge on any atom is -0.383 e. The maximum Gasteiger partial charge on any atom is 0.190 e. The predicted octanol–water partition coefficient (Wildman–Crippen LogP) is 2.91. The van der Waals surface area contributed by atoms with Crippen molar-refractivity contribution in [2.45, 2.75) is 32.4 Å². The number of halogens is 2. The summed E-state index contributed by atoms with van der Waals surface area (Å²) in [5.74, 6) is -1.80. The van der Waals surface area contributed by atoms with Gasteiger partial charge in [0.2, 0.25) is 0 Å². The van der Waals surface area contributed by atoms with Crippen LogP contribution in [-0.2, 0) is 11.3 Å². The van der Waals surface area contributed by atoms with Crippen molar-refractivity contribution >= 4 is 5.82 Å². The first-order valence-electron chi connectivity index (χ1n) is 11.4. The lowest BCUT2D eigenvalue weighted by Gasteiger charge is -2.22. The van der Waals surface area contributed by atoms with Gasteiger partial charge in [0.25, 0.3) is 0 Å². The van der Waals surface area contributed by atoms with E-state index in [1.807, 2.05) is 10.9 Å². The molecule has 1 aliphatic heterocycles. The number of pyridine rings is 1. The molecule has 0 saturated carbocycles. The van der Waals surface area contributed by atoms with Crippen LogP contribution in [0, 0.1) is 11.6 Å². The number of nitrogens with one attached hydrogen (secondary N) is 1. The lowest BCUT2D eigenvalue weighted by molar-refractivity contribution is 0.131. The van der Waals surface area contributed by atoms with Crippen molar-refractivity contribution in [3.63, 3.8) is 0 Å². The van der Waals surface area contributed by atoms with Crippen molar-refractivity contribution in [3.8, 4) is 28.2 Å². The van der Waals surface area contributed by atoms with E-state index in [0.717, 1.165) is 41.7 Å². The average Bonchev–Trinajstić information content (AvgIpc) is 3.56. The molecule has 12 heteroatoms. The molecule has 182 valence electrons. The van der Waals surface area contributed by atoms with E-state index < -0.39 is 11.6 Å². The molecule has 0 aliphatic carbocycles. The summed E-state index contributed by atoms with van der Waals surface area (Å²) in [6, 6.07) is 4.96. The number of nitrogen functional groups attached to an aromatic ring is 1. The first-order chi connectivity index (χ1) is 17.1. The summed E-state index contributed by atoms with van der Waals surface area (Å²) >= 11 is 0. The number of ether oxygens (including phenoxy) is 1. The fourth-order valence-electron chi connectivity index (χ4n) is 4.15. The highest BCUT2D eigenvalue weighted by atomic mass is 19.2. The second kappa shape index (κ2) is 9.84. The minimum absolute atomic E-state index is 0.0358. The van der Waals surface area contributed by atoms with Crippen molar-refractivity contribution in [1.29, 1.82) is 0 Å². The van der Waals surface area contributed by atoms with Crippen LogP contribution in [0.15, 0.2) is 36.8 Å². The van der Waals surface area contributed by atoms with Gasteiger partial charge in [-0.15, -0.1) is 5.10 Å². The third-order valence-electron chi connectivity index (χ3n) is 6.08. The molecule has 0 bridgehead atoms. The molecule has 0 unspecified atom stereocenters. The number of rotatable bonds is 7. The fraction of sp³-hybridized carbons (Fsp3) is 0.348. The Bertz CT molecular complexity index is 1330. The van der Waals surface area contributed by atoms with Crippen LogP contribution in [0.2, 0.25) is 0 Å². The summed E-state index contributed by atoms with van der Waals surface area (Å²) in [4.78, 5) is 4.29. The van der Waals surface area contributed by atoms with E-state index in [1.165, 1.54) is 12.1 Å². The van der Waals surface area contributed by atoms with Gasteiger partial charge in [0.05, 0.1) is 24.4 Å². The van der Waals surface area contributed by atoms with Gasteiger partial charge in [0.1, 0.15) is 11.5 Å². The Labute approximate surface area is 200 Å². The van der Waals surface area contributed by atoms with E-state index in [2.05, 4.69) is 30.9 Å². The van der Waals surface area contributed by atoms with Gasteiger partial charge in [-0.2, -0.15) is 9.78 Å². The average molecular weight is 482 g/mol. The fourth-order valence-corrected chi connectivity index (χ4v) is 4.15. The number of piperidine rings is 1. The normalized spacial score (nSPS) is 14.5. The van der Waals surface area contributed by atoms with Crippen molar-refractivity contribution in [3.05, 3.63) is 54.0 Å². The molecular formula is C23H25F2N9O.